The Kier molecular flexibility index (Phi) is 3.43. The van der Waals surface area contributed by atoms with Gasteiger partial charge in [0.15, 0.2) is 0 Å². The molecule has 17 heavy (non-hydrogen) atoms. The highest BCUT2D eigenvalue weighted by atomic mass is 19.1. The highest BCUT2D eigenvalue weighted by Crippen LogP contribution is 2.20. The highest BCUT2D eigenvalue weighted by Gasteiger charge is 2.21. The number of fused-ring (bicyclic) bond motifs is 1. The van der Waals surface area contributed by atoms with Crippen LogP contribution in [-0.4, -0.2) is 23.4 Å². The quantitative estimate of drug-likeness (QED) is 0.844. The van der Waals surface area contributed by atoms with Crippen molar-refractivity contribution in [3.63, 3.8) is 0 Å². The van der Waals surface area contributed by atoms with E-state index in [-0.39, 0.29) is 17.8 Å². The Balaban J connectivity index is 2.10. The molecule has 0 bridgehead atoms. The molecule has 1 atom stereocenters. The van der Waals surface area contributed by atoms with Gasteiger partial charge in [-0.15, -0.1) is 0 Å². The van der Waals surface area contributed by atoms with Crippen LogP contribution in [0.4, 0.5) is 4.39 Å². The lowest BCUT2D eigenvalue weighted by Crippen LogP contribution is -2.38. The summed E-state index contributed by atoms with van der Waals surface area (Å²) in [7, 11) is 0. The van der Waals surface area contributed by atoms with Crippen LogP contribution in [0, 0.1) is 5.82 Å². The largest absolute Gasteiger partial charge is 0.338 e. The second-order valence-electron chi connectivity index (χ2n) is 4.66. The van der Waals surface area contributed by atoms with Gasteiger partial charge in [-0.3, -0.25) is 4.79 Å². The molecule has 1 unspecified atom stereocenters. The summed E-state index contributed by atoms with van der Waals surface area (Å²) in [5.41, 5.74) is 7.66. The maximum Gasteiger partial charge on any atom is 0.224 e. The van der Waals surface area contributed by atoms with Crippen LogP contribution in [0.1, 0.15) is 24.5 Å². The first kappa shape index (κ1) is 12.0. The van der Waals surface area contributed by atoms with Crippen LogP contribution < -0.4 is 5.73 Å². The van der Waals surface area contributed by atoms with Gasteiger partial charge in [-0.05, 0) is 36.6 Å². The lowest BCUT2D eigenvalue weighted by molar-refractivity contribution is -0.132. The summed E-state index contributed by atoms with van der Waals surface area (Å²) in [4.78, 5) is 13.6. The average Bonchev–Trinajstić information content (AvgIpc) is 2.27. The lowest BCUT2D eigenvalue weighted by Gasteiger charge is -2.29. The van der Waals surface area contributed by atoms with Gasteiger partial charge >= 0.3 is 0 Å². The summed E-state index contributed by atoms with van der Waals surface area (Å²) >= 11 is 0. The predicted octanol–water partition coefficient (Wildman–Crippen LogP) is 1.45. The Hall–Kier alpha value is -1.42. The zero-order valence-electron chi connectivity index (χ0n) is 9.95. The first-order valence-electron chi connectivity index (χ1n) is 5.87. The van der Waals surface area contributed by atoms with E-state index < -0.39 is 0 Å². The van der Waals surface area contributed by atoms with Crippen LogP contribution >= 0.6 is 0 Å². The zero-order valence-corrected chi connectivity index (χ0v) is 9.95. The SMILES string of the molecule is CC(N)CC(=O)N1CCc2ccc(F)cc2C1. The van der Waals surface area contributed by atoms with Crippen molar-refractivity contribution in [2.75, 3.05) is 6.54 Å². The molecule has 1 aliphatic rings. The van der Waals surface area contributed by atoms with Gasteiger partial charge in [0.05, 0.1) is 0 Å². The van der Waals surface area contributed by atoms with Crippen molar-refractivity contribution >= 4 is 5.91 Å². The molecule has 1 aromatic carbocycles. The Bertz CT molecular complexity index is 431. The third kappa shape index (κ3) is 2.82. The number of rotatable bonds is 2. The molecule has 1 aromatic rings. The van der Waals surface area contributed by atoms with Gasteiger partial charge in [0, 0.05) is 25.6 Å². The molecule has 92 valence electrons. The third-order valence-corrected chi connectivity index (χ3v) is 3.03. The van der Waals surface area contributed by atoms with E-state index in [1.165, 1.54) is 12.1 Å². The first-order chi connectivity index (χ1) is 8.06. The molecular formula is C13H17FN2O. The van der Waals surface area contributed by atoms with Crippen LogP contribution in [0.5, 0.6) is 0 Å². The van der Waals surface area contributed by atoms with Gasteiger partial charge in [-0.2, -0.15) is 0 Å². The fourth-order valence-electron chi connectivity index (χ4n) is 2.14. The average molecular weight is 236 g/mol. The van der Waals surface area contributed by atoms with Crippen molar-refractivity contribution in [3.8, 4) is 0 Å². The number of halogens is 1. The van der Waals surface area contributed by atoms with Gasteiger partial charge in [-0.25, -0.2) is 4.39 Å². The Morgan fingerprint density at radius 3 is 3.00 bits per heavy atom. The predicted molar refractivity (Wildman–Crippen MR) is 63.8 cm³/mol. The second-order valence-corrected chi connectivity index (χ2v) is 4.66. The summed E-state index contributed by atoms with van der Waals surface area (Å²) in [6.45, 7) is 3.01. The first-order valence-corrected chi connectivity index (χ1v) is 5.87. The molecule has 0 spiro atoms. The number of hydrogen-bond donors (Lipinski definition) is 1. The molecule has 0 saturated heterocycles. The van der Waals surface area contributed by atoms with Crippen molar-refractivity contribution in [3.05, 3.63) is 35.1 Å². The maximum absolute atomic E-state index is 13.1. The van der Waals surface area contributed by atoms with Crippen LogP contribution in [-0.2, 0) is 17.8 Å². The highest BCUT2D eigenvalue weighted by molar-refractivity contribution is 5.77. The molecule has 0 radical (unpaired) electrons. The van der Waals surface area contributed by atoms with E-state index in [0.29, 0.717) is 19.5 Å². The standard InChI is InChI=1S/C13H17FN2O/c1-9(15)6-13(17)16-5-4-10-2-3-12(14)7-11(10)8-16/h2-3,7,9H,4-6,8,15H2,1H3. The minimum absolute atomic E-state index is 0.0508. The molecule has 0 aromatic heterocycles. The fourth-order valence-corrected chi connectivity index (χ4v) is 2.14. The van der Waals surface area contributed by atoms with Crippen LogP contribution in [0.15, 0.2) is 18.2 Å². The topological polar surface area (TPSA) is 46.3 Å². The molecule has 0 aliphatic carbocycles. The third-order valence-electron chi connectivity index (χ3n) is 3.03. The summed E-state index contributed by atoms with van der Waals surface area (Å²) in [5.74, 6) is -0.194. The van der Waals surface area contributed by atoms with Gasteiger partial charge in [-0.1, -0.05) is 6.07 Å². The molecular weight excluding hydrogens is 219 g/mol. The smallest absolute Gasteiger partial charge is 0.224 e. The van der Waals surface area contributed by atoms with Crippen LogP contribution in [0.25, 0.3) is 0 Å². The minimum atomic E-state index is -0.245. The molecule has 1 amide bonds. The van der Waals surface area contributed by atoms with Crippen LogP contribution in [0.2, 0.25) is 0 Å². The van der Waals surface area contributed by atoms with Crippen molar-refractivity contribution in [1.82, 2.24) is 4.90 Å². The maximum atomic E-state index is 13.1. The summed E-state index contributed by atoms with van der Waals surface area (Å²) < 4.78 is 13.1. The molecule has 4 heteroatoms. The number of amides is 1. The number of nitrogens with two attached hydrogens (primary N) is 1. The van der Waals surface area contributed by atoms with E-state index in [2.05, 4.69) is 0 Å². The number of benzene rings is 1. The van der Waals surface area contributed by atoms with E-state index in [1.54, 1.807) is 11.0 Å². The van der Waals surface area contributed by atoms with Crippen molar-refractivity contribution < 1.29 is 9.18 Å². The number of carbonyl (C=O) groups excluding carboxylic acids is 1. The zero-order chi connectivity index (χ0) is 12.4. The molecule has 0 fully saturated rings. The summed E-state index contributed by atoms with van der Waals surface area (Å²) in [6.07, 6.45) is 1.14. The molecule has 3 nitrogen and oxygen atoms in total. The Labute approximate surface area is 100 Å². The van der Waals surface area contributed by atoms with E-state index in [0.717, 1.165) is 17.5 Å². The van der Waals surface area contributed by atoms with E-state index in [1.807, 2.05) is 6.92 Å². The normalized spacial score (nSPS) is 16.5. The van der Waals surface area contributed by atoms with Crippen molar-refractivity contribution in [2.24, 2.45) is 5.73 Å². The van der Waals surface area contributed by atoms with Crippen molar-refractivity contribution in [2.45, 2.75) is 32.4 Å². The summed E-state index contributed by atoms with van der Waals surface area (Å²) in [6, 6.07) is 4.66. The molecule has 0 saturated carbocycles. The molecule has 1 aliphatic heterocycles. The van der Waals surface area contributed by atoms with Gasteiger partial charge in [0.25, 0.3) is 0 Å². The number of hydrogen-bond acceptors (Lipinski definition) is 2. The van der Waals surface area contributed by atoms with E-state index in [9.17, 15) is 9.18 Å². The monoisotopic (exact) mass is 236 g/mol. The van der Waals surface area contributed by atoms with E-state index in [4.69, 9.17) is 5.73 Å². The summed E-state index contributed by atoms with van der Waals surface area (Å²) in [5, 5.41) is 0. The second kappa shape index (κ2) is 4.84. The van der Waals surface area contributed by atoms with Gasteiger partial charge in [0.1, 0.15) is 5.82 Å². The number of nitrogens with zero attached hydrogens (tertiary/aromatic N) is 1. The Morgan fingerprint density at radius 2 is 2.29 bits per heavy atom. The lowest BCUT2D eigenvalue weighted by atomic mass is 9.99. The molecule has 2 N–H and O–H groups in total. The van der Waals surface area contributed by atoms with Gasteiger partial charge in [0.2, 0.25) is 5.91 Å². The number of carbonyl (C=O) groups is 1. The van der Waals surface area contributed by atoms with Crippen molar-refractivity contribution in [1.29, 1.82) is 0 Å². The molecule has 1 heterocycles. The van der Waals surface area contributed by atoms with Crippen LogP contribution in [0.3, 0.4) is 0 Å². The van der Waals surface area contributed by atoms with E-state index >= 15 is 0 Å². The Morgan fingerprint density at radius 1 is 1.53 bits per heavy atom. The van der Waals surface area contributed by atoms with Gasteiger partial charge < -0.3 is 10.6 Å². The minimum Gasteiger partial charge on any atom is -0.338 e. The molecule has 2 rings (SSSR count). The fraction of sp³-hybridized carbons (Fsp3) is 0.462.